The van der Waals surface area contributed by atoms with Gasteiger partial charge in [0.15, 0.2) is 11.6 Å². The molecule has 46 heavy (non-hydrogen) atoms. The number of hydrogen-bond donors (Lipinski definition) is 2. The van der Waals surface area contributed by atoms with Crippen molar-refractivity contribution in [3.8, 4) is 17.4 Å². The maximum Gasteiger partial charge on any atom is 0.236 e. The summed E-state index contributed by atoms with van der Waals surface area (Å²) in [5.74, 6) is 0.267. The molecule has 0 spiro atoms. The molecule has 1 amide bonds. The molecular formula is C36H39F2N5O3. The van der Waals surface area contributed by atoms with Crippen LogP contribution in [0, 0.1) is 17.2 Å². The maximum absolute atomic E-state index is 15.3. The van der Waals surface area contributed by atoms with E-state index in [-0.39, 0.29) is 17.5 Å². The number of anilines is 1. The minimum absolute atomic E-state index is 0.00962. The molecule has 3 aliphatic rings. The number of carbonyl (C=O) groups is 1. The van der Waals surface area contributed by atoms with E-state index in [0.717, 1.165) is 37.3 Å². The largest absolute Gasteiger partial charge is 0.477 e. The van der Waals surface area contributed by atoms with Gasteiger partial charge in [0.1, 0.15) is 11.6 Å². The Morgan fingerprint density at radius 3 is 2.65 bits per heavy atom. The first-order valence-corrected chi connectivity index (χ1v) is 15.9. The average molecular weight is 628 g/mol. The van der Waals surface area contributed by atoms with Gasteiger partial charge in [0.05, 0.1) is 22.9 Å². The minimum Gasteiger partial charge on any atom is -0.477 e. The summed E-state index contributed by atoms with van der Waals surface area (Å²) in [7, 11) is 2.13. The van der Waals surface area contributed by atoms with Crippen LogP contribution in [-0.2, 0) is 4.79 Å². The second-order valence-corrected chi connectivity index (χ2v) is 12.2. The average Bonchev–Trinajstić information content (AvgIpc) is 3.88. The number of piperidine rings is 1. The third-order valence-electron chi connectivity index (χ3n) is 8.74. The Morgan fingerprint density at radius 1 is 1.07 bits per heavy atom. The Balaban J connectivity index is 1.11. The van der Waals surface area contributed by atoms with Crippen molar-refractivity contribution < 1.29 is 23.0 Å². The zero-order chi connectivity index (χ0) is 32.1. The number of likely N-dealkylation sites (tertiary alicyclic amines) is 1. The van der Waals surface area contributed by atoms with Crippen molar-refractivity contribution in [1.29, 1.82) is 0 Å². The highest BCUT2D eigenvalue weighted by atomic mass is 19.1. The first-order chi connectivity index (χ1) is 22.3. The molecule has 0 radical (unpaired) electrons. The highest BCUT2D eigenvalue weighted by Crippen LogP contribution is 2.52. The lowest BCUT2D eigenvalue weighted by atomic mass is 9.98. The Bertz CT molecular complexity index is 1720. The monoisotopic (exact) mass is 627 g/mol. The maximum atomic E-state index is 15.3. The SMILES string of the molecule is CCC=C(NC1=CCC=C(F)C=C1)C1(C(=O)Nc2ccc(Oc3ccnc4cc(OCC5CCN(C)CC5)ncc34)c(F)c2)CC1. The first kappa shape index (κ1) is 31.4. The van der Waals surface area contributed by atoms with Crippen molar-refractivity contribution >= 4 is 22.5 Å². The van der Waals surface area contributed by atoms with E-state index in [1.165, 1.54) is 24.3 Å². The zero-order valence-electron chi connectivity index (χ0n) is 26.2. The fraction of sp³-hybridized carbons (Fsp3) is 0.361. The molecule has 0 atom stereocenters. The van der Waals surface area contributed by atoms with E-state index in [9.17, 15) is 9.18 Å². The molecule has 6 rings (SSSR count). The molecule has 1 saturated carbocycles. The summed E-state index contributed by atoms with van der Waals surface area (Å²) in [4.78, 5) is 24.7. The smallest absolute Gasteiger partial charge is 0.236 e. The van der Waals surface area contributed by atoms with Crippen molar-refractivity contribution in [2.24, 2.45) is 11.3 Å². The lowest BCUT2D eigenvalue weighted by molar-refractivity contribution is -0.120. The van der Waals surface area contributed by atoms with Gasteiger partial charge in [0.2, 0.25) is 11.8 Å². The standard InChI is InChI=1S/C36H39F2N5O3/c1-3-5-33(41-26-7-4-6-25(37)8-9-26)36(15-16-36)35(44)42-27-10-11-32(29(38)20-27)46-31-12-17-39-30-21-34(40-22-28(30)31)45-23-24-13-18-43(2)19-14-24/h5-12,17,20-22,24,41H,3-4,13-16,18-19,23H2,1-2H3,(H,42,44). The van der Waals surface area contributed by atoms with Gasteiger partial charge in [0, 0.05) is 41.6 Å². The summed E-state index contributed by atoms with van der Waals surface area (Å²) in [6.07, 6.45) is 16.3. The lowest BCUT2D eigenvalue weighted by Crippen LogP contribution is -2.32. The highest BCUT2D eigenvalue weighted by Gasteiger charge is 2.53. The van der Waals surface area contributed by atoms with Crippen LogP contribution in [0.1, 0.15) is 45.4 Å². The molecule has 0 bridgehead atoms. The number of ether oxygens (including phenoxy) is 2. The molecular weight excluding hydrogens is 588 g/mol. The number of carbonyl (C=O) groups excluding carboxylic acids is 1. The van der Waals surface area contributed by atoms with Crippen LogP contribution < -0.4 is 20.1 Å². The Kier molecular flexibility index (Phi) is 9.44. The summed E-state index contributed by atoms with van der Waals surface area (Å²) < 4.78 is 40.9. The second kappa shape index (κ2) is 13.8. The van der Waals surface area contributed by atoms with Gasteiger partial charge in [-0.25, -0.2) is 13.8 Å². The molecule has 2 aromatic heterocycles. The van der Waals surface area contributed by atoms with Gasteiger partial charge < -0.3 is 25.0 Å². The van der Waals surface area contributed by atoms with Gasteiger partial charge >= 0.3 is 0 Å². The topological polar surface area (TPSA) is 88.6 Å². The molecule has 0 unspecified atom stereocenters. The number of allylic oxidation sites excluding steroid dienone is 6. The number of pyridine rings is 2. The van der Waals surface area contributed by atoms with Crippen LogP contribution in [0.15, 0.2) is 90.3 Å². The van der Waals surface area contributed by atoms with E-state index >= 15 is 4.39 Å². The Labute approximate surface area is 267 Å². The van der Waals surface area contributed by atoms with Gasteiger partial charge in [-0.3, -0.25) is 9.78 Å². The van der Waals surface area contributed by atoms with Crippen LogP contribution in [0.4, 0.5) is 14.5 Å². The van der Waals surface area contributed by atoms with Crippen LogP contribution in [0.3, 0.4) is 0 Å². The molecule has 240 valence electrons. The number of aromatic nitrogens is 2. The summed E-state index contributed by atoms with van der Waals surface area (Å²) in [6.45, 7) is 4.74. The number of benzene rings is 1. The van der Waals surface area contributed by atoms with E-state index in [2.05, 4.69) is 32.5 Å². The lowest BCUT2D eigenvalue weighted by Gasteiger charge is -2.28. The predicted octanol–water partition coefficient (Wildman–Crippen LogP) is 7.58. The molecule has 8 nitrogen and oxygen atoms in total. The molecule has 1 aliphatic heterocycles. The highest BCUT2D eigenvalue weighted by molar-refractivity contribution is 5.99. The second-order valence-electron chi connectivity index (χ2n) is 12.2. The number of nitrogens with zero attached hydrogens (tertiary/aromatic N) is 3. The molecule has 2 N–H and O–H groups in total. The van der Waals surface area contributed by atoms with Crippen molar-refractivity contribution in [2.75, 3.05) is 32.1 Å². The minimum atomic E-state index is -0.757. The summed E-state index contributed by atoms with van der Waals surface area (Å²) >= 11 is 0. The summed E-state index contributed by atoms with van der Waals surface area (Å²) in [6, 6.07) is 7.79. The summed E-state index contributed by atoms with van der Waals surface area (Å²) in [5, 5.41) is 6.85. The number of fused-ring (bicyclic) bond motifs is 1. The van der Waals surface area contributed by atoms with E-state index in [0.29, 0.717) is 66.4 Å². The molecule has 10 heteroatoms. The van der Waals surface area contributed by atoms with Crippen molar-refractivity contribution in [1.82, 2.24) is 20.2 Å². The molecule has 1 saturated heterocycles. The van der Waals surface area contributed by atoms with Gasteiger partial charge in [-0.05, 0) is 101 Å². The normalized spacial score (nSPS) is 18.4. The van der Waals surface area contributed by atoms with Gasteiger partial charge in [-0.1, -0.05) is 19.1 Å². The van der Waals surface area contributed by atoms with Gasteiger partial charge in [-0.2, -0.15) is 0 Å². The fourth-order valence-electron chi connectivity index (χ4n) is 5.79. The number of amides is 1. The Morgan fingerprint density at radius 2 is 1.89 bits per heavy atom. The van der Waals surface area contributed by atoms with E-state index in [4.69, 9.17) is 9.47 Å². The van der Waals surface area contributed by atoms with Crippen LogP contribution in [0.5, 0.6) is 17.4 Å². The first-order valence-electron chi connectivity index (χ1n) is 15.9. The van der Waals surface area contributed by atoms with Crippen LogP contribution in [0.25, 0.3) is 10.9 Å². The third-order valence-corrected chi connectivity index (χ3v) is 8.74. The van der Waals surface area contributed by atoms with Gasteiger partial charge in [0.25, 0.3) is 0 Å². The molecule has 3 aromatic rings. The zero-order valence-corrected chi connectivity index (χ0v) is 26.2. The third kappa shape index (κ3) is 7.28. The molecule has 3 heterocycles. The summed E-state index contributed by atoms with van der Waals surface area (Å²) in [5.41, 5.74) is 1.69. The number of nitrogens with one attached hydrogen (secondary N) is 2. The fourth-order valence-corrected chi connectivity index (χ4v) is 5.79. The molecule has 2 fully saturated rings. The van der Waals surface area contributed by atoms with Crippen molar-refractivity contribution in [2.45, 2.75) is 45.4 Å². The van der Waals surface area contributed by atoms with Crippen LogP contribution in [-0.4, -0.2) is 47.5 Å². The van der Waals surface area contributed by atoms with E-state index in [1.807, 2.05) is 19.1 Å². The predicted molar refractivity (Wildman–Crippen MR) is 175 cm³/mol. The van der Waals surface area contributed by atoms with Crippen LogP contribution in [0.2, 0.25) is 0 Å². The van der Waals surface area contributed by atoms with E-state index in [1.54, 1.807) is 36.7 Å². The number of halogens is 2. The number of hydrogen-bond acceptors (Lipinski definition) is 7. The molecule has 2 aliphatic carbocycles. The number of rotatable bonds is 11. The van der Waals surface area contributed by atoms with E-state index < -0.39 is 11.2 Å². The Hall–Kier alpha value is -4.57. The van der Waals surface area contributed by atoms with Crippen molar-refractivity contribution in [3.63, 3.8) is 0 Å². The van der Waals surface area contributed by atoms with Crippen molar-refractivity contribution in [3.05, 3.63) is 96.1 Å². The molecule has 1 aromatic carbocycles. The quantitative estimate of drug-likeness (QED) is 0.227. The van der Waals surface area contributed by atoms with Crippen LogP contribution >= 0.6 is 0 Å². The van der Waals surface area contributed by atoms with Gasteiger partial charge in [-0.15, -0.1) is 0 Å².